The van der Waals surface area contributed by atoms with Crippen LogP contribution in [-0.2, 0) is 0 Å². The van der Waals surface area contributed by atoms with Gasteiger partial charge in [0, 0.05) is 0 Å². The Morgan fingerprint density at radius 3 is 2.40 bits per heavy atom. The van der Waals surface area contributed by atoms with Crippen LogP contribution in [0.5, 0.6) is 0 Å². The standard InChI is InChI=1S/C8H17ClSi/c1-2-3-4-6-10(9)7-5-8-10/h2-8H2,1H3. The fourth-order valence-corrected chi connectivity index (χ4v) is 5.21. The molecule has 1 fully saturated rings. The Bertz CT molecular complexity index is 99.4. The van der Waals surface area contributed by atoms with Crippen molar-refractivity contribution >= 4 is 18.5 Å². The molecule has 0 N–H and O–H groups in total. The van der Waals surface area contributed by atoms with Crippen molar-refractivity contribution in [2.75, 3.05) is 0 Å². The molecule has 0 saturated carbocycles. The molecule has 1 rings (SSSR count). The zero-order chi connectivity index (χ0) is 7.45. The van der Waals surface area contributed by atoms with Gasteiger partial charge in [-0.05, 0) is 18.1 Å². The summed E-state index contributed by atoms with van der Waals surface area (Å²) < 4.78 is 0. The minimum Gasteiger partial charge on any atom is -0.167 e. The molecule has 2 heteroatoms. The van der Waals surface area contributed by atoms with Crippen LogP contribution in [0.3, 0.4) is 0 Å². The summed E-state index contributed by atoms with van der Waals surface area (Å²) in [6, 6.07) is 4.19. The van der Waals surface area contributed by atoms with Crippen molar-refractivity contribution < 1.29 is 0 Å². The lowest BCUT2D eigenvalue weighted by Crippen LogP contribution is -2.34. The first-order valence-electron chi connectivity index (χ1n) is 4.46. The first kappa shape index (κ1) is 8.60. The maximum absolute atomic E-state index is 6.38. The van der Waals surface area contributed by atoms with Gasteiger partial charge in [-0.25, -0.2) is 0 Å². The van der Waals surface area contributed by atoms with Crippen LogP contribution in [0.15, 0.2) is 0 Å². The highest BCUT2D eigenvalue weighted by molar-refractivity contribution is 7.21. The molecule has 0 aromatic rings. The van der Waals surface area contributed by atoms with Gasteiger partial charge in [0.05, 0.1) is 0 Å². The monoisotopic (exact) mass is 176 g/mol. The van der Waals surface area contributed by atoms with E-state index in [1.54, 1.807) is 0 Å². The molecule has 0 aromatic heterocycles. The molecule has 60 valence electrons. The van der Waals surface area contributed by atoms with Crippen molar-refractivity contribution in [2.24, 2.45) is 0 Å². The van der Waals surface area contributed by atoms with Crippen molar-refractivity contribution in [3.63, 3.8) is 0 Å². The Kier molecular flexibility index (Phi) is 3.24. The van der Waals surface area contributed by atoms with Crippen LogP contribution in [0.25, 0.3) is 0 Å². The minimum absolute atomic E-state index is 1.06. The topological polar surface area (TPSA) is 0 Å². The molecule has 1 aliphatic rings. The summed E-state index contributed by atoms with van der Waals surface area (Å²) in [4.78, 5) is 0. The number of rotatable bonds is 4. The maximum atomic E-state index is 6.38. The van der Waals surface area contributed by atoms with Gasteiger partial charge in [0.1, 0.15) is 0 Å². The van der Waals surface area contributed by atoms with Crippen LogP contribution in [0.2, 0.25) is 18.1 Å². The molecule has 0 nitrogen and oxygen atoms in total. The van der Waals surface area contributed by atoms with Crippen LogP contribution in [0, 0.1) is 0 Å². The predicted octanol–water partition coefficient (Wildman–Crippen LogP) is 3.76. The third-order valence-electron chi connectivity index (χ3n) is 2.48. The first-order valence-corrected chi connectivity index (χ1v) is 8.09. The molecule has 0 amide bonds. The number of hydrogen-bond acceptors (Lipinski definition) is 0. The van der Waals surface area contributed by atoms with Crippen molar-refractivity contribution in [3.05, 3.63) is 0 Å². The number of unbranched alkanes of at least 4 members (excludes halogenated alkanes) is 2. The molecule has 1 aliphatic heterocycles. The molecule has 0 unspecified atom stereocenters. The predicted molar refractivity (Wildman–Crippen MR) is 50.2 cm³/mol. The van der Waals surface area contributed by atoms with Gasteiger partial charge in [-0.3, -0.25) is 0 Å². The van der Waals surface area contributed by atoms with E-state index in [1.165, 1.54) is 43.8 Å². The zero-order valence-electron chi connectivity index (χ0n) is 6.83. The van der Waals surface area contributed by atoms with Gasteiger partial charge in [0.2, 0.25) is 0 Å². The quantitative estimate of drug-likeness (QED) is 0.348. The van der Waals surface area contributed by atoms with Crippen LogP contribution < -0.4 is 0 Å². The molecule has 0 aliphatic carbocycles. The maximum Gasteiger partial charge on any atom is 0.156 e. The summed E-state index contributed by atoms with van der Waals surface area (Å²) in [5, 5.41) is 0. The first-order chi connectivity index (χ1) is 4.77. The summed E-state index contributed by atoms with van der Waals surface area (Å²) in [6.07, 6.45) is 5.54. The molecule has 1 saturated heterocycles. The molecule has 10 heavy (non-hydrogen) atoms. The van der Waals surface area contributed by atoms with Crippen LogP contribution in [-0.4, -0.2) is 7.38 Å². The number of hydrogen-bond donors (Lipinski definition) is 0. The summed E-state index contributed by atoms with van der Waals surface area (Å²) in [6.45, 7) is 2.25. The van der Waals surface area contributed by atoms with Gasteiger partial charge in [-0.2, -0.15) is 11.1 Å². The molecule has 0 bridgehead atoms. The zero-order valence-corrected chi connectivity index (χ0v) is 8.58. The van der Waals surface area contributed by atoms with E-state index in [1.807, 2.05) is 0 Å². The average Bonchev–Trinajstić information content (AvgIpc) is 1.85. The van der Waals surface area contributed by atoms with Gasteiger partial charge in [-0.15, -0.1) is 0 Å². The van der Waals surface area contributed by atoms with E-state index in [2.05, 4.69) is 6.92 Å². The molecular formula is C8H17ClSi. The minimum atomic E-state index is -1.06. The average molecular weight is 177 g/mol. The largest absolute Gasteiger partial charge is 0.167 e. The van der Waals surface area contributed by atoms with Gasteiger partial charge in [0.25, 0.3) is 0 Å². The Labute approximate surface area is 69.7 Å². The summed E-state index contributed by atoms with van der Waals surface area (Å²) in [7, 11) is -1.06. The second-order valence-electron chi connectivity index (χ2n) is 3.46. The van der Waals surface area contributed by atoms with E-state index >= 15 is 0 Å². The second kappa shape index (κ2) is 3.77. The summed E-state index contributed by atoms with van der Waals surface area (Å²) in [5.74, 6) is 0. The van der Waals surface area contributed by atoms with Gasteiger partial charge < -0.3 is 0 Å². The molecule has 0 atom stereocenters. The molecule has 0 radical (unpaired) electrons. The van der Waals surface area contributed by atoms with Crippen molar-refractivity contribution in [2.45, 2.75) is 50.7 Å². The normalized spacial score (nSPS) is 22.2. The smallest absolute Gasteiger partial charge is 0.156 e. The molecule has 0 aromatic carbocycles. The SMILES string of the molecule is CCCCC[Si]1(Cl)CCC1. The third kappa shape index (κ3) is 2.28. The van der Waals surface area contributed by atoms with E-state index < -0.39 is 7.38 Å². The van der Waals surface area contributed by atoms with Crippen molar-refractivity contribution in [3.8, 4) is 0 Å². The highest BCUT2D eigenvalue weighted by Crippen LogP contribution is 2.40. The second-order valence-corrected chi connectivity index (χ2v) is 9.67. The van der Waals surface area contributed by atoms with E-state index in [0.29, 0.717) is 0 Å². The highest BCUT2D eigenvalue weighted by atomic mass is 35.6. The van der Waals surface area contributed by atoms with Crippen molar-refractivity contribution in [1.29, 1.82) is 0 Å². The van der Waals surface area contributed by atoms with Crippen LogP contribution >= 0.6 is 11.1 Å². The lowest BCUT2D eigenvalue weighted by Gasteiger charge is -2.32. The van der Waals surface area contributed by atoms with Crippen LogP contribution in [0.1, 0.15) is 32.6 Å². The third-order valence-corrected chi connectivity index (χ3v) is 7.93. The van der Waals surface area contributed by atoms with E-state index in [9.17, 15) is 0 Å². The van der Waals surface area contributed by atoms with Gasteiger partial charge in [0.15, 0.2) is 7.38 Å². The Balaban J connectivity index is 2.01. The Morgan fingerprint density at radius 1 is 1.30 bits per heavy atom. The molecular weight excluding hydrogens is 160 g/mol. The number of halogens is 1. The van der Waals surface area contributed by atoms with Gasteiger partial charge >= 0.3 is 0 Å². The highest BCUT2D eigenvalue weighted by Gasteiger charge is 2.36. The fourth-order valence-electron chi connectivity index (χ4n) is 1.50. The van der Waals surface area contributed by atoms with E-state index in [0.717, 1.165) is 0 Å². The molecule has 0 spiro atoms. The van der Waals surface area contributed by atoms with Gasteiger partial charge in [-0.1, -0.05) is 32.6 Å². The summed E-state index contributed by atoms with van der Waals surface area (Å²) >= 11 is 6.38. The lowest BCUT2D eigenvalue weighted by atomic mass is 10.3. The van der Waals surface area contributed by atoms with E-state index in [4.69, 9.17) is 11.1 Å². The Morgan fingerprint density at radius 2 is 2.00 bits per heavy atom. The summed E-state index contributed by atoms with van der Waals surface area (Å²) in [5.41, 5.74) is 0. The molecule has 1 heterocycles. The lowest BCUT2D eigenvalue weighted by molar-refractivity contribution is 0.748. The van der Waals surface area contributed by atoms with Crippen molar-refractivity contribution in [1.82, 2.24) is 0 Å². The fraction of sp³-hybridized carbons (Fsp3) is 1.00. The van der Waals surface area contributed by atoms with Crippen LogP contribution in [0.4, 0.5) is 0 Å². The Hall–Kier alpha value is 0.507. The van der Waals surface area contributed by atoms with E-state index in [-0.39, 0.29) is 0 Å².